The Morgan fingerprint density at radius 3 is 1.27 bits per heavy atom. The number of phenolic OH excluding ortho intramolecular Hbond substituents is 2. The number of rotatable bonds is 12. The summed E-state index contributed by atoms with van der Waals surface area (Å²) >= 11 is 12.3. The molecule has 8 nitrogen and oxygen atoms in total. The van der Waals surface area contributed by atoms with E-state index < -0.39 is 20.3 Å². The van der Waals surface area contributed by atoms with Crippen molar-refractivity contribution in [2.75, 3.05) is 28.4 Å². The second-order valence-corrected chi connectivity index (χ2v) is 12.8. The van der Waals surface area contributed by atoms with Crippen molar-refractivity contribution < 1.29 is 37.6 Å². The van der Waals surface area contributed by atoms with E-state index in [1.54, 1.807) is 60.7 Å². The maximum absolute atomic E-state index is 14.7. The Bertz CT molecular complexity index is 1670. The number of hydrogen-bond acceptors (Lipinski definition) is 8. The van der Waals surface area contributed by atoms with Gasteiger partial charge in [0.2, 0.25) is 0 Å². The Morgan fingerprint density at radius 1 is 0.600 bits per heavy atom. The minimum atomic E-state index is -4.18. The van der Waals surface area contributed by atoms with Crippen molar-refractivity contribution >= 4 is 45.2 Å². The number of halogens is 2. The highest BCUT2D eigenvalue weighted by Crippen LogP contribution is 2.41. The lowest BCUT2D eigenvalue weighted by Crippen LogP contribution is -2.19. The van der Waals surface area contributed by atoms with Gasteiger partial charge in [0.15, 0.2) is 9.84 Å². The number of phenols is 2. The summed E-state index contributed by atoms with van der Waals surface area (Å²) in [6.07, 6.45) is 5.94. The van der Waals surface area contributed by atoms with Gasteiger partial charge in [0, 0.05) is 34.3 Å². The minimum absolute atomic E-state index is 0.161. The summed E-state index contributed by atoms with van der Waals surface area (Å²) in [6.45, 7) is 0. The number of sulfone groups is 1. The van der Waals surface area contributed by atoms with Crippen LogP contribution in [0.15, 0.2) is 84.9 Å². The first-order valence-electron chi connectivity index (χ1n) is 13.5. The van der Waals surface area contributed by atoms with Crippen LogP contribution in [0.5, 0.6) is 34.5 Å². The van der Waals surface area contributed by atoms with Gasteiger partial charge >= 0.3 is 0 Å². The second-order valence-electron chi connectivity index (χ2n) is 9.78. The molecule has 0 bridgehead atoms. The Hall–Kier alpha value is -4.31. The fraction of sp³-hybridized carbons (Fsp3) is 0.176. The summed E-state index contributed by atoms with van der Waals surface area (Å²) in [5.74, 6) is 0.983. The number of methoxy groups -OCH3 is 4. The minimum Gasteiger partial charge on any atom is -0.507 e. The van der Waals surface area contributed by atoms with E-state index in [4.69, 9.17) is 42.1 Å². The van der Waals surface area contributed by atoms with Crippen LogP contribution < -0.4 is 18.9 Å². The smallest absolute Gasteiger partial charge is 0.171 e. The van der Waals surface area contributed by atoms with E-state index >= 15 is 0 Å². The average molecular weight is 672 g/mol. The van der Waals surface area contributed by atoms with Gasteiger partial charge in [0.1, 0.15) is 45.0 Å². The van der Waals surface area contributed by atoms with E-state index in [0.29, 0.717) is 32.7 Å². The average Bonchev–Trinajstić information content (AvgIpc) is 3.03. The summed E-state index contributed by atoms with van der Waals surface area (Å²) < 4.78 is 50.8. The molecule has 2 atom stereocenters. The lowest BCUT2D eigenvalue weighted by Gasteiger charge is -2.22. The largest absolute Gasteiger partial charge is 0.507 e. The van der Waals surface area contributed by atoms with Gasteiger partial charge in [-0.1, -0.05) is 59.6 Å². The normalized spacial score (nSPS) is 13.1. The van der Waals surface area contributed by atoms with E-state index in [-0.39, 0.29) is 34.1 Å². The molecule has 4 aromatic rings. The van der Waals surface area contributed by atoms with E-state index in [9.17, 15) is 18.6 Å². The molecule has 0 spiro atoms. The molecule has 0 aliphatic rings. The number of benzene rings is 4. The molecule has 2 N–H and O–H groups in total. The SMILES string of the molecule is COc1cc(O)c(C=CC(c2ccc(Cl)cc2)S(=O)(=O)C(C=Cc2c(O)cc(OC)cc2OC)c2ccc(Cl)cc2)c(OC)c1. The van der Waals surface area contributed by atoms with Crippen LogP contribution in [0.2, 0.25) is 10.0 Å². The monoisotopic (exact) mass is 670 g/mol. The Balaban J connectivity index is 1.91. The topological polar surface area (TPSA) is 112 Å². The van der Waals surface area contributed by atoms with Crippen molar-refractivity contribution in [1.29, 1.82) is 0 Å². The highest BCUT2D eigenvalue weighted by atomic mass is 35.5. The first-order chi connectivity index (χ1) is 21.5. The molecule has 236 valence electrons. The molecule has 0 amide bonds. The summed E-state index contributed by atoms with van der Waals surface area (Å²) in [5, 5.41) is 19.9. The lowest BCUT2D eigenvalue weighted by atomic mass is 10.1. The fourth-order valence-electron chi connectivity index (χ4n) is 4.73. The molecule has 0 saturated carbocycles. The maximum Gasteiger partial charge on any atom is 0.171 e. The Morgan fingerprint density at radius 2 is 0.956 bits per heavy atom. The molecule has 4 aromatic carbocycles. The molecule has 2 unspecified atom stereocenters. The summed E-state index contributed by atoms with van der Waals surface area (Å²) in [6, 6.07) is 18.9. The number of ether oxygens (including phenoxy) is 4. The van der Waals surface area contributed by atoms with Crippen molar-refractivity contribution in [2.45, 2.75) is 10.5 Å². The maximum atomic E-state index is 14.7. The molecule has 0 fully saturated rings. The third-order valence-corrected chi connectivity index (χ3v) is 9.86. The van der Waals surface area contributed by atoms with E-state index in [1.807, 2.05) is 0 Å². The summed E-state index contributed by atoms with van der Waals surface area (Å²) in [4.78, 5) is 0. The van der Waals surface area contributed by atoms with Crippen LogP contribution in [0.3, 0.4) is 0 Å². The van der Waals surface area contributed by atoms with Crippen LogP contribution >= 0.6 is 23.2 Å². The van der Waals surface area contributed by atoms with Crippen molar-refractivity contribution in [3.8, 4) is 34.5 Å². The van der Waals surface area contributed by atoms with Gasteiger partial charge in [-0.05, 0) is 47.5 Å². The molecule has 0 saturated heterocycles. The van der Waals surface area contributed by atoms with E-state index in [1.165, 1.54) is 64.9 Å². The predicted octanol–water partition coefficient (Wildman–Crippen LogP) is 8.06. The molecule has 0 heterocycles. The Kier molecular flexibility index (Phi) is 10.9. The third kappa shape index (κ3) is 7.68. The second kappa shape index (κ2) is 14.6. The van der Waals surface area contributed by atoms with E-state index in [2.05, 4.69) is 0 Å². The summed E-state index contributed by atoms with van der Waals surface area (Å²) in [5.41, 5.74) is 1.39. The zero-order valence-electron chi connectivity index (χ0n) is 24.9. The molecule has 0 aromatic heterocycles. The molecule has 45 heavy (non-hydrogen) atoms. The third-order valence-electron chi connectivity index (χ3n) is 7.08. The van der Waals surface area contributed by atoms with Crippen molar-refractivity contribution in [3.63, 3.8) is 0 Å². The molecular weight excluding hydrogens is 639 g/mol. The zero-order valence-corrected chi connectivity index (χ0v) is 27.2. The van der Waals surface area contributed by atoms with Crippen LogP contribution in [0.25, 0.3) is 12.2 Å². The van der Waals surface area contributed by atoms with Gasteiger partial charge < -0.3 is 29.2 Å². The Labute approximate surface area is 272 Å². The standard InChI is InChI=1S/C34H32Cl2O8S/c1-41-25-17-29(37)27(31(19-25)43-3)13-15-33(21-5-9-23(35)10-6-21)45(39,40)34(22-7-11-24(36)12-8-22)16-14-28-30(38)18-26(42-2)20-32(28)44-4/h5-20,33-34,37-38H,1-4H3. The van der Waals surface area contributed by atoms with Crippen LogP contribution in [0.4, 0.5) is 0 Å². The molecule has 11 heteroatoms. The van der Waals surface area contributed by atoms with Crippen molar-refractivity contribution in [1.82, 2.24) is 0 Å². The van der Waals surface area contributed by atoms with Gasteiger partial charge in [0.25, 0.3) is 0 Å². The van der Waals surface area contributed by atoms with Crippen LogP contribution in [0, 0.1) is 0 Å². The van der Waals surface area contributed by atoms with Crippen molar-refractivity contribution in [2.24, 2.45) is 0 Å². The van der Waals surface area contributed by atoms with Gasteiger partial charge in [-0.3, -0.25) is 0 Å². The molecular formula is C34H32Cl2O8S. The lowest BCUT2D eigenvalue weighted by molar-refractivity contribution is 0.383. The van der Waals surface area contributed by atoms with Gasteiger partial charge in [-0.25, -0.2) is 8.42 Å². The van der Waals surface area contributed by atoms with Gasteiger partial charge in [-0.2, -0.15) is 0 Å². The molecule has 0 aliphatic carbocycles. The summed E-state index contributed by atoms with van der Waals surface area (Å²) in [7, 11) is 1.60. The zero-order chi connectivity index (χ0) is 32.7. The van der Waals surface area contributed by atoms with Gasteiger partial charge in [0.05, 0.1) is 39.6 Å². The highest BCUT2D eigenvalue weighted by molar-refractivity contribution is 7.92. The van der Waals surface area contributed by atoms with E-state index in [0.717, 1.165) is 0 Å². The first kappa shape index (κ1) is 33.6. The first-order valence-corrected chi connectivity index (χ1v) is 15.9. The van der Waals surface area contributed by atoms with Crippen LogP contribution in [0.1, 0.15) is 32.8 Å². The molecule has 0 radical (unpaired) electrons. The number of aromatic hydroxyl groups is 2. The molecule has 4 rings (SSSR count). The highest BCUT2D eigenvalue weighted by Gasteiger charge is 2.34. The fourth-order valence-corrected chi connectivity index (χ4v) is 6.97. The van der Waals surface area contributed by atoms with Crippen LogP contribution in [-0.2, 0) is 9.84 Å². The predicted molar refractivity (Wildman–Crippen MR) is 178 cm³/mol. The van der Waals surface area contributed by atoms with Gasteiger partial charge in [-0.15, -0.1) is 0 Å². The van der Waals surface area contributed by atoms with Crippen molar-refractivity contribution in [3.05, 3.63) is 117 Å². The quantitative estimate of drug-likeness (QED) is 0.156. The van der Waals surface area contributed by atoms with Crippen LogP contribution in [-0.4, -0.2) is 47.1 Å². The molecule has 0 aliphatic heterocycles. The number of hydrogen-bond donors (Lipinski definition) is 2.